The zero-order valence-corrected chi connectivity index (χ0v) is 13.5. The molecule has 1 fully saturated rings. The van der Waals surface area contributed by atoms with Crippen molar-refractivity contribution in [2.45, 2.75) is 13.3 Å². The molecule has 1 aromatic carbocycles. The summed E-state index contributed by atoms with van der Waals surface area (Å²) in [5.41, 5.74) is 1.81. The predicted molar refractivity (Wildman–Crippen MR) is 90.0 cm³/mol. The first-order chi connectivity index (χ1) is 11.1. The molecule has 0 atom stereocenters. The Morgan fingerprint density at radius 2 is 2.09 bits per heavy atom. The maximum atomic E-state index is 12.6. The van der Waals surface area contributed by atoms with E-state index >= 15 is 0 Å². The highest BCUT2D eigenvalue weighted by Gasteiger charge is 2.21. The lowest BCUT2D eigenvalue weighted by molar-refractivity contribution is -0.121. The van der Waals surface area contributed by atoms with Gasteiger partial charge < -0.3 is 10.2 Å². The number of terminal acetylenes is 1. The number of nitrogens with one attached hydrogen (secondary N) is 1. The van der Waals surface area contributed by atoms with E-state index in [1.165, 1.54) is 0 Å². The Kier molecular flexibility index (Phi) is 6.19. The second-order valence-corrected chi connectivity index (χ2v) is 5.77. The van der Waals surface area contributed by atoms with Gasteiger partial charge in [0.05, 0.1) is 13.1 Å². The van der Waals surface area contributed by atoms with Crippen LogP contribution >= 0.6 is 0 Å². The van der Waals surface area contributed by atoms with Crippen LogP contribution in [0.1, 0.15) is 22.3 Å². The number of hydrogen-bond donors (Lipinski definition) is 1. The molecule has 1 heterocycles. The third-order valence-corrected chi connectivity index (χ3v) is 3.90. The van der Waals surface area contributed by atoms with Crippen LogP contribution in [0.2, 0.25) is 0 Å². The molecular weight excluding hydrogens is 290 g/mol. The van der Waals surface area contributed by atoms with E-state index in [0.29, 0.717) is 19.6 Å². The van der Waals surface area contributed by atoms with E-state index < -0.39 is 0 Å². The molecule has 122 valence electrons. The summed E-state index contributed by atoms with van der Waals surface area (Å²) in [6.07, 6.45) is 5.99. The maximum absolute atomic E-state index is 12.6. The molecule has 1 saturated heterocycles. The van der Waals surface area contributed by atoms with Crippen LogP contribution < -0.4 is 5.32 Å². The van der Waals surface area contributed by atoms with Gasteiger partial charge in [-0.15, -0.1) is 6.42 Å². The SMILES string of the molecule is C#CCNC(=O)CN1CCCN(C(=O)c2cccc(C)c2)CC1. The van der Waals surface area contributed by atoms with Gasteiger partial charge in [0.1, 0.15) is 0 Å². The lowest BCUT2D eigenvalue weighted by atomic mass is 10.1. The Hall–Kier alpha value is -2.32. The average Bonchev–Trinajstić information content (AvgIpc) is 2.78. The van der Waals surface area contributed by atoms with E-state index in [1.54, 1.807) is 0 Å². The molecule has 1 aliphatic heterocycles. The van der Waals surface area contributed by atoms with Crippen molar-refractivity contribution in [1.82, 2.24) is 15.1 Å². The molecule has 0 spiro atoms. The van der Waals surface area contributed by atoms with Crippen LogP contribution in [-0.4, -0.2) is 60.9 Å². The van der Waals surface area contributed by atoms with Crippen LogP contribution in [0.4, 0.5) is 0 Å². The van der Waals surface area contributed by atoms with Crippen molar-refractivity contribution in [2.75, 3.05) is 39.3 Å². The summed E-state index contributed by atoms with van der Waals surface area (Å²) in [5.74, 6) is 2.38. The second kappa shape index (κ2) is 8.35. The van der Waals surface area contributed by atoms with Gasteiger partial charge in [-0.25, -0.2) is 0 Å². The van der Waals surface area contributed by atoms with E-state index in [2.05, 4.69) is 16.1 Å². The first kappa shape index (κ1) is 17.0. The third-order valence-electron chi connectivity index (χ3n) is 3.90. The number of nitrogens with zero attached hydrogens (tertiary/aromatic N) is 2. The minimum atomic E-state index is -0.0681. The molecule has 0 aromatic heterocycles. The molecule has 5 heteroatoms. The Balaban J connectivity index is 1.89. The number of hydrogen-bond acceptors (Lipinski definition) is 3. The van der Waals surface area contributed by atoms with Gasteiger partial charge in [-0.3, -0.25) is 14.5 Å². The Morgan fingerprint density at radius 1 is 1.26 bits per heavy atom. The van der Waals surface area contributed by atoms with Crippen LogP contribution in [0.15, 0.2) is 24.3 Å². The molecular formula is C18H23N3O2. The van der Waals surface area contributed by atoms with Crippen molar-refractivity contribution in [1.29, 1.82) is 0 Å². The van der Waals surface area contributed by atoms with Gasteiger partial charge in [0.15, 0.2) is 0 Å². The predicted octanol–water partition coefficient (Wildman–Crippen LogP) is 0.892. The summed E-state index contributed by atoms with van der Waals surface area (Å²) in [7, 11) is 0. The summed E-state index contributed by atoms with van der Waals surface area (Å²) >= 11 is 0. The summed E-state index contributed by atoms with van der Waals surface area (Å²) in [6, 6.07) is 7.65. The zero-order chi connectivity index (χ0) is 16.7. The third kappa shape index (κ3) is 5.11. The number of aryl methyl sites for hydroxylation is 1. The largest absolute Gasteiger partial charge is 0.344 e. The Morgan fingerprint density at radius 3 is 2.83 bits per heavy atom. The van der Waals surface area contributed by atoms with Crippen molar-refractivity contribution < 1.29 is 9.59 Å². The molecule has 0 unspecified atom stereocenters. The van der Waals surface area contributed by atoms with Gasteiger partial charge in [0, 0.05) is 31.7 Å². The molecule has 2 amide bonds. The summed E-state index contributed by atoms with van der Waals surface area (Å²) in [6.45, 7) is 5.42. The minimum absolute atomic E-state index is 0.0623. The fraction of sp³-hybridized carbons (Fsp3) is 0.444. The summed E-state index contributed by atoms with van der Waals surface area (Å²) in [5, 5.41) is 2.67. The highest BCUT2D eigenvalue weighted by molar-refractivity contribution is 5.94. The van der Waals surface area contributed by atoms with Crippen molar-refractivity contribution in [3.05, 3.63) is 35.4 Å². The molecule has 0 saturated carbocycles. The van der Waals surface area contributed by atoms with Crippen molar-refractivity contribution in [3.8, 4) is 12.3 Å². The monoisotopic (exact) mass is 313 g/mol. The van der Waals surface area contributed by atoms with Crippen molar-refractivity contribution >= 4 is 11.8 Å². The molecule has 0 radical (unpaired) electrons. The van der Waals surface area contributed by atoms with E-state index in [9.17, 15) is 9.59 Å². The molecule has 0 aliphatic carbocycles. The highest BCUT2D eigenvalue weighted by Crippen LogP contribution is 2.11. The lowest BCUT2D eigenvalue weighted by Gasteiger charge is -2.22. The normalized spacial score (nSPS) is 15.6. The lowest BCUT2D eigenvalue weighted by Crippen LogP contribution is -2.40. The summed E-state index contributed by atoms with van der Waals surface area (Å²) < 4.78 is 0. The van der Waals surface area contributed by atoms with Crippen LogP contribution in [0, 0.1) is 19.3 Å². The van der Waals surface area contributed by atoms with Gasteiger partial charge in [-0.2, -0.15) is 0 Å². The van der Waals surface area contributed by atoms with Crippen LogP contribution in [-0.2, 0) is 4.79 Å². The number of carbonyl (C=O) groups is 2. The quantitative estimate of drug-likeness (QED) is 0.840. The first-order valence-electron chi connectivity index (χ1n) is 7.88. The van der Waals surface area contributed by atoms with Crippen LogP contribution in [0.5, 0.6) is 0 Å². The molecule has 23 heavy (non-hydrogen) atoms. The van der Waals surface area contributed by atoms with Gasteiger partial charge in [0.25, 0.3) is 5.91 Å². The molecule has 2 rings (SSSR count). The van der Waals surface area contributed by atoms with Gasteiger partial charge >= 0.3 is 0 Å². The van der Waals surface area contributed by atoms with Crippen LogP contribution in [0.3, 0.4) is 0 Å². The zero-order valence-electron chi connectivity index (χ0n) is 13.5. The topological polar surface area (TPSA) is 52.7 Å². The van der Waals surface area contributed by atoms with Gasteiger partial charge in [-0.05, 0) is 25.5 Å². The molecule has 5 nitrogen and oxygen atoms in total. The number of rotatable bonds is 4. The van der Waals surface area contributed by atoms with E-state index in [1.807, 2.05) is 36.1 Å². The molecule has 1 aliphatic rings. The van der Waals surface area contributed by atoms with Gasteiger partial charge in [0.2, 0.25) is 5.91 Å². The van der Waals surface area contributed by atoms with Gasteiger partial charge in [-0.1, -0.05) is 23.6 Å². The maximum Gasteiger partial charge on any atom is 0.253 e. The summed E-state index contributed by atoms with van der Waals surface area (Å²) in [4.78, 5) is 28.2. The van der Waals surface area contributed by atoms with Crippen LogP contribution in [0.25, 0.3) is 0 Å². The Bertz CT molecular complexity index is 607. The molecule has 1 N–H and O–H groups in total. The smallest absolute Gasteiger partial charge is 0.253 e. The minimum Gasteiger partial charge on any atom is -0.344 e. The average molecular weight is 313 g/mol. The van der Waals surface area contributed by atoms with E-state index in [4.69, 9.17) is 6.42 Å². The number of benzene rings is 1. The standard InChI is InChI=1S/C18H23N3O2/c1-3-8-19-17(22)14-20-9-5-10-21(12-11-20)18(23)16-7-4-6-15(2)13-16/h1,4,6-7,13H,5,8-12,14H2,2H3,(H,19,22). The molecule has 1 aromatic rings. The second-order valence-electron chi connectivity index (χ2n) is 5.77. The van der Waals surface area contributed by atoms with E-state index in [0.717, 1.165) is 30.6 Å². The molecule has 0 bridgehead atoms. The van der Waals surface area contributed by atoms with E-state index in [-0.39, 0.29) is 18.4 Å². The highest BCUT2D eigenvalue weighted by atomic mass is 16.2. The number of amides is 2. The fourth-order valence-corrected chi connectivity index (χ4v) is 2.70. The van der Waals surface area contributed by atoms with Crippen molar-refractivity contribution in [2.24, 2.45) is 0 Å². The Labute approximate surface area is 137 Å². The number of carbonyl (C=O) groups excluding carboxylic acids is 2. The fourth-order valence-electron chi connectivity index (χ4n) is 2.70. The van der Waals surface area contributed by atoms with Crippen molar-refractivity contribution in [3.63, 3.8) is 0 Å². The first-order valence-corrected chi connectivity index (χ1v) is 7.88.